The third-order valence-corrected chi connectivity index (χ3v) is 5.08. The first kappa shape index (κ1) is 14.8. The second-order valence-corrected chi connectivity index (χ2v) is 6.36. The van der Waals surface area contributed by atoms with Crippen LogP contribution in [-0.2, 0) is 0 Å². The van der Waals surface area contributed by atoms with Gasteiger partial charge in [0.1, 0.15) is 6.17 Å². The molecule has 1 aliphatic carbocycles. The summed E-state index contributed by atoms with van der Waals surface area (Å²) in [6.07, 6.45) is 9.03. The van der Waals surface area contributed by atoms with E-state index < -0.39 is 0 Å². The third kappa shape index (κ3) is 3.93. The van der Waals surface area contributed by atoms with Crippen molar-refractivity contribution in [2.24, 2.45) is 28.8 Å². The zero-order valence-electron chi connectivity index (χ0n) is 12.7. The van der Waals surface area contributed by atoms with Crippen molar-refractivity contribution in [2.75, 3.05) is 6.54 Å². The van der Waals surface area contributed by atoms with E-state index in [1.807, 2.05) is 0 Å². The van der Waals surface area contributed by atoms with Gasteiger partial charge in [0.15, 0.2) is 0 Å². The molecule has 1 saturated carbocycles. The van der Waals surface area contributed by atoms with Crippen molar-refractivity contribution in [2.45, 2.75) is 59.0 Å². The van der Waals surface area contributed by atoms with Crippen molar-refractivity contribution < 1.29 is 0 Å². The summed E-state index contributed by atoms with van der Waals surface area (Å²) in [5.74, 6) is 2.78. The van der Waals surface area contributed by atoms with Crippen molar-refractivity contribution in [3.05, 3.63) is 0 Å². The monoisotopic (exact) mass is 266 g/mol. The lowest BCUT2D eigenvalue weighted by atomic mass is 9.77. The fraction of sp³-hybridized carbons (Fsp3) is 0.933. The van der Waals surface area contributed by atoms with Crippen molar-refractivity contribution in [3.8, 4) is 0 Å². The van der Waals surface area contributed by atoms with Crippen LogP contribution in [0.5, 0.6) is 0 Å². The minimum atomic E-state index is 0.291. The predicted molar refractivity (Wildman–Crippen MR) is 80.6 cm³/mol. The van der Waals surface area contributed by atoms with Crippen LogP contribution in [0.3, 0.4) is 0 Å². The van der Waals surface area contributed by atoms with Crippen LogP contribution in [0, 0.1) is 23.7 Å². The summed E-state index contributed by atoms with van der Waals surface area (Å²) in [7, 11) is 0. The van der Waals surface area contributed by atoms with Gasteiger partial charge in [0.05, 0.1) is 0 Å². The van der Waals surface area contributed by atoms with Crippen molar-refractivity contribution >= 4 is 6.21 Å². The molecule has 4 nitrogen and oxygen atoms in total. The Morgan fingerprint density at radius 2 is 2.11 bits per heavy atom. The minimum Gasteiger partial charge on any atom is -0.292 e. The molecule has 1 heterocycles. The molecule has 5 atom stereocenters. The van der Waals surface area contributed by atoms with Crippen LogP contribution in [0.15, 0.2) is 5.10 Å². The van der Waals surface area contributed by atoms with Crippen LogP contribution < -0.4 is 16.3 Å². The topological polar surface area (TPSA) is 48.5 Å². The van der Waals surface area contributed by atoms with E-state index in [1.54, 1.807) is 0 Å². The van der Waals surface area contributed by atoms with E-state index in [1.165, 1.54) is 32.1 Å². The molecule has 4 heteroatoms. The molecule has 2 rings (SSSR count). The average Bonchev–Trinajstić information content (AvgIpc) is 2.46. The smallest absolute Gasteiger partial charge is 0.109 e. The van der Waals surface area contributed by atoms with E-state index in [2.05, 4.69) is 48.4 Å². The molecule has 2 aliphatic rings. The lowest BCUT2D eigenvalue weighted by Crippen LogP contribution is -2.60. The van der Waals surface area contributed by atoms with Crippen LogP contribution in [-0.4, -0.2) is 18.9 Å². The molecule has 0 bridgehead atoms. The maximum atomic E-state index is 4.48. The Morgan fingerprint density at radius 3 is 2.89 bits per heavy atom. The molecule has 0 aromatic carbocycles. The lowest BCUT2D eigenvalue weighted by Gasteiger charge is -2.41. The Kier molecular flexibility index (Phi) is 5.64. The molecule has 1 aliphatic heterocycles. The average molecular weight is 266 g/mol. The van der Waals surface area contributed by atoms with Gasteiger partial charge in [-0.05, 0) is 36.5 Å². The van der Waals surface area contributed by atoms with Gasteiger partial charge in [-0.2, -0.15) is 5.10 Å². The molecule has 1 saturated heterocycles. The zero-order valence-corrected chi connectivity index (χ0v) is 12.7. The Balaban J connectivity index is 1.82. The first-order valence-electron chi connectivity index (χ1n) is 7.99. The first-order valence-corrected chi connectivity index (χ1v) is 7.99. The minimum absolute atomic E-state index is 0.291. The van der Waals surface area contributed by atoms with Crippen LogP contribution in [0.25, 0.3) is 0 Å². The highest BCUT2D eigenvalue weighted by Gasteiger charge is 2.34. The van der Waals surface area contributed by atoms with E-state index in [-0.39, 0.29) is 0 Å². The highest BCUT2D eigenvalue weighted by Crippen LogP contribution is 2.32. The van der Waals surface area contributed by atoms with Gasteiger partial charge in [-0.3, -0.25) is 10.9 Å². The molecule has 0 amide bonds. The van der Waals surface area contributed by atoms with E-state index >= 15 is 0 Å². The maximum absolute atomic E-state index is 4.48. The van der Waals surface area contributed by atoms with Crippen molar-refractivity contribution in [1.82, 2.24) is 16.3 Å². The fourth-order valence-electron chi connectivity index (χ4n) is 3.22. The molecular weight excluding hydrogens is 236 g/mol. The number of nitrogens with one attached hydrogen (secondary N) is 3. The number of fused-ring (bicyclic) bond motifs is 1. The molecule has 2 fully saturated rings. The molecule has 3 N–H and O–H groups in total. The van der Waals surface area contributed by atoms with E-state index in [0.717, 1.165) is 18.4 Å². The van der Waals surface area contributed by atoms with E-state index in [4.69, 9.17) is 0 Å². The molecular formula is C15H30N4. The summed E-state index contributed by atoms with van der Waals surface area (Å²) in [6, 6.07) is 0. The summed E-state index contributed by atoms with van der Waals surface area (Å²) in [6.45, 7) is 7.88. The first-order chi connectivity index (χ1) is 9.22. The van der Waals surface area contributed by atoms with E-state index in [9.17, 15) is 0 Å². The van der Waals surface area contributed by atoms with Gasteiger partial charge >= 0.3 is 0 Å². The van der Waals surface area contributed by atoms with E-state index in [0.29, 0.717) is 18.0 Å². The van der Waals surface area contributed by atoms with Crippen molar-refractivity contribution in [1.29, 1.82) is 0 Å². The van der Waals surface area contributed by atoms with Crippen LogP contribution in [0.4, 0.5) is 0 Å². The quantitative estimate of drug-likeness (QED) is 0.529. The van der Waals surface area contributed by atoms with Gasteiger partial charge < -0.3 is 0 Å². The fourth-order valence-corrected chi connectivity index (χ4v) is 3.22. The second-order valence-electron chi connectivity index (χ2n) is 6.36. The molecule has 19 heavy (non-hydrogen) atoms. The highest BCUT2D eigenvalue weighted by molar-refractivity contribution is 5.60. The third-order valence-electron chi connectivity index (χ3n) is 5.08. The molecule has 0 aromatic heterocycles. The summed E-state index contributed by atoms with van der Waals surface area (Å²) >= 11 is 0. The molecule has 0 aromatic rings. The standard InChI is InChI=1S/C15H30N4/c1-4-11(2)12(3)9-16-18-15-14-8-6-5-7-13(14)10-17-19-15/h9,11-15,17-19H,4-8,10H2,1-3H3/b16-9-. The zero-order chi connectivity index (χ0) is 13.7. The largest absolute Gasteiger partial charge is 0.292 e. The summed E-state index contributed by atoms with van der Waals surface area (Å²) in [5, 5.41) is 4.48. The van der Waals surface area contributed by atoms with Gasteiger partial charge in [-0.1, -0.05) is 40.0 Å². The van der Waals surface area contributed by atoms with Gasteiger partial charge in [-0.25, -0.2) is 5.43 Å². The van der Waals surface area contributed by atoms with Crippen LogP contribution in [0.1, 0.15) is 52.9 Å². The molecule has 0 radical (unpaired) electrons. The summed E-state index contributed by atoms with van der Waals surface area (Å²) < 4.78 is 0. The maximum Gasteiger partial charge on any atom is 0.109 e. The van der Waals surface area contributed by atoms with Gasteiger partial charge in [0, 0.05) is 12.8 Å². The van der Waals surface area contributed by atoms with Crippen molar-refractivity contribution in [3.63, 3.8) is 0 Å². The Labute approximate surface area is 117 Å². The number of hydrazine groups is 1. The van der Waals surface area contributed by atoms with Crippen LogP contribution in [0.2, 0.25) is 0 Å². The number of hydrogen-bond donors (Lipinski definition) is 3. The summed E-state index contributed by atoms with van der Waals surface area (Å²) in [4.78, 5) is 0. The molecule has 110 valence electrons. The predicted octanol–water partition coefficient (Wildman–Crippen LogP) is 2.48. The Hall–Kier alpha value is -0.610. The Bertz CT molecular complexity index is 290. The number of nitrogens with zero attached hydrogens (tertiary/aromatic N) is 1. The lowest BCUT2D eigenvalue weighted by molar-refractivity contribution is 0.0995. The molecule has 0 spiro atoms. The van der Waals surface area contributed by atoms with Gasteiger partial charge in [-0.15, -0.1) is 0 Å². The SMILES string of the molecule is CCC(C)C(C)/C=N\NC1NNCC2CCCCC21. The van der Waals surface area contributed by atoms with Crippen LogP contribution >= 0.6 is 0 Å². The Morgan fingerprint density at radius 1 is 1.32 bits per heavy atom. The van der Waals surface area contributed by atoms with Gasteiger partial charge in [0.25, 0.3) is 0 Å². The highest BCUT2D eigenvalue weighted by atomic mass is 15.5. The number of rotatable bonds is 5. The number of hydrazone groups is 1. The summed E-state index contributed by atoms with van der Waals surface area (Å²) in [5.41, 5.74) is 10.0. The molecule has 5 unspecified atom stereocenters. The second kappa shape index (κ2) is 7.25. The normalized spacial score (nSPS) is 34.8. The number of hydrogen-bond acceptors (Lipinski definition) is 4. The van der Waals surface area contributed by atoms with Gasteiger partial charge in [0.2, 0.25) is 0 Å².